The van der Waals surface area contributed by atoms with Gasteiger partial charge in [0.15, 0.2) is 0 Å². The minimum atomic E-state index is -2.87. The molecule has 0 aliphatic rings. The summed E-state index contributed by atoms with van der Waals surface area (Å²) in [6.45, 7) is 1.26. The molecule has 0 atom stereocenters. The fourth-order valence-corrected chi connectivity index (χ4v) is 2.27. The molecule has 0 bridgehead atoms. The van der Waals surface area contributed by atoms with Crippen LogP contribution in [0, 0.1) is 5.92 Å². The number of nitrogens with two attached hydrogens (primary N) is 1. The van der Waals surface area contributed by atoms with Gasteiger partial charge in [0.25, 0.3) is 0 Å². The minimum absolute atomic E-state index is 0.107. The van der Waals surface area contributed by atoms with Gasteiger partial charge in [0.2, 0.25) is 0 Å². The van der Waals surface area contributed by atoms with Gasteiger partial charge in [-0.2, -0.15) is 13.9 Å². The Bertz CT molecular complexity index is 623. The average molecular weight is 295 g/mol. The van der Waals surface area contributed by atoms with E-state index in [0.29, 0.717) is 23.0 Å². The zero-order chi connectivity index (χ0) is 15.6. The molecule has 6 heteroatoms. The normalized spacial score (nSPS) is 11.4. The van der Waals surface area contributed by atoms with Crippen LogP contribution in [-0.2, 0) is 13.5 Å². The summed E-state index contributed by atoms with van der Waals surface area (Å²) in [4.78, 5) is 0. The number of rotatable bonds is 5. The third kappa shape index (κ3) is 3.32. The summed E-state index contributed by atoms with van der Waals surface area (Å²) < 4.78 is 31.2. The highest BCUT2D eigenvalue weighted by Gasteiger charge is 2.20. The Morgan fingerprint density at radius 1 is 1.29 bits per heavy atom. The van der Waals surface area contributed by atoms with Crippen molar-refractivity contribution >= 4 is 5.82 Å². The smallest absolute Gasteiger partial charge is 0.387 e. The molecule has 2 aromatic rings. The Balaban J connectivity index is 2.54. The van der Waals surface area contributed by atoms with Gasteiger partial charge < -0.3 is 10.5 Å². The number of nitrogens with zero attached hydrogens (tertiary/aromatic N) is 2. The summed E-state index contributed by atoms with van der Waals surface area (Å²) in [5.41, 5.74) is 8.04. The maximum absolute atomic E-state index is 12.5. The number of hydrogen-bond donors (Lipinski definition) is 1. The molecule has 0 aliphatic heterocycles. The van der Waals surface area contributed by atoms with Crippen molar-refractivity contribution in [1.29, 1.82) is 0 Å². The molecule has 114 valence electrons. The molecular weight excluding hydrogens is 276 g/mol. The highest BCUT2D eigenvalue weighted by atomic mass is 19.3. The van der Waals surface area contributed by atoms with Crippen molar-refractivity contribution in [2.45, 2.75) is 26.9 Å². The molecule has 0 fully saturated rings. The number of halogens is 2. The number of alkyl halides is 2. The second-order valence-corrected chi connectivity index (χ2v) is 5.31. The summed E-state index contributed by atoms with van der Waals surface area (Å²) in [6.07, 6.45) is 0.720. The second-order valence-electron chi connectivity index (χ2n) is 5.31. The molecule has 2 N–H and O–H groups in total. The van der Waals surface area contributed by atoms with E-state index in [9.17, 15) is 8.78 Å². The van der Waals surface area contributed by atoms with E-state index < -0.39 is 6.61 Å². The molecule has 4 nitrogen and oxygen atoms in total. The lowest BCUT2D eigenvalue weighted by atomic mass is 9.98. The van der Waals surface area contributed by atoms with Crippen molar-refractivity contribution < 1.29 is 13.5 Å². The van der Waals surface area contributed by atoms with Crippen LogP contribution < -0.4 is 10.5 Å². The number of para-hydroxylation sites is 1. The number of benzene rings is 1. The van der Waals surface area contributed by atoms with Crippen LogP contribution in [0.3, 0.4) is 0 Å². The minimum Gasteiger partial charge on any atom is -0.434 e. The van der Waals surface area contributed by atoms with Crippen LogP contribution in [0.5, 0.6) is 5.75 Å². The molecular formula is C15H19F2N3O. The molecule has 0 amide bonds. The predicted octanol–water partition coefficient (Wildman–Crippen LogP) is 3.47. The maximum Gasteiger partial charge on any atom is 0.387 e. The molecule has 21 heavy (non-hydrogen) atoms. The first-order valence-electron chi connectivity index (χ1n) is 6.75. The monoisotopic (exact) mass is 295 g/mol. The van der Waals surface area contributed by atoms with Crippen LogP contribution in [0.2, 0.25) is 0 Å². The van der Waals surface area contributed by atoms with Gasteiger partial charge >= 0.3 is 6.61 Å². The third-order valence-electron chi connectivity index (χ3n) is 3.16. The van der Waals surface area contributed by atoms with E-state index in [1.807, 2.05) is 0 Å². The summed E-state index contributed by atoms with van der Waals surface area (Å²) in [5.74, 6) is 1.03. The van der Waals surface area contributed by atoms with Gasteiger partial charge in [-0.15, -0.1) is 0 Å². The van der Waals surface area contributed by atoms with Crippen LogP contribution in [0.1, 0.15) is 19.4 Å². The van der Waals surface area contributed by atoms with E-state index in [4.69, 9.17) is 5.73 Å². The lowest BCUT2D eigenvalue weighted by molar-refractivity contribution is -0.0494. The Morgan fingerprint density at radius 3 is 2.57 bits per heavy atom. The molecule has 1 aromatic carbocycles. The maximum atomic E-state index is 12.5. The van der Waals surface area contributed by atoms with Crippen LogP contribution in [0.25, 0.3) is 11.3 Å². The van der Waals surface area contributed by atoms with E-state index in [0.717, 1.165) is 12.0 Å². The molecule has 0 spiro atoms. The quantitative estimate of drug-likeness (QED) is 0.919. The van der Waals surface area contributed by atoms with E-state index in [2.05, 4.69) is 23.7 Å². The van der Waals surface area contributed by atoms with Crippen molar-refractivity contribution in [3.05, 3.63) is 29.8 Å². The summed E-state index contributed by atoms with van der Waals surface area (Å²) in [5, 5.41) is 4.37. The van der Waals surface area contributed by atoms with Gasteiger partial charge in [0.1, 0.15) is 17.3 Å². The van der Waals surface area contributed by atoms with Crippen LogP contribution in [0.15, 0.2) is 24.3 Å². The summed E-state index contributed by atoms with van der Waals surface area (Å²) in [7, 11) is 1.74. The van der Waals surface area contributed by atoms with Gasteiger partial charge in [-0.05, 0) is 24.5 Å². The lowest BCUT2D eigenvalue weighted by Crippen LogP contribution is -2.04. The lowest BCUT2D eigenvalue weighted by Gasteiger charge is -2.11. The Hall–Kier alpha value is -2.11. The van der Waals surface area contributed by atoms with Crippen molar-refractivity contribution in [1.82, 2.24) is 9.78 Å². The van der Waals surface area contributed by atoms with E-state index in [-0.39, 0.29) is 5.75 Å². The molecule has 0 aliphatic carbocycles. The first-order chi connectivity index (χ1) is 9.90. The van der Waals surface area contributed by atoms with Gasteiger partial charge in [0.05, 0.1) is 0 Å². The first-order valence-corrected chi connectivity index (χ1v) is 6.75. The van der Waals surface area contributed by atoms with Crippen molar-refractivity contribution in [2.24, 2.45) is 13.0 Å². The molecule has 0 saturated heterocycles. The highest BCUT2D eigenvalue weighted by Crippen LogP contribution is 2.35. The van der Waals surface area contributed by atoms with Crippen molar-refractivity contribution in [3.8, 4) is 17.0 Å². The fraction of sp³-hybridized carbons (Fsp3) is 0.400. The zero-order valence-corrected chi connectivity index (χ0v) is 12.3. The molecule has 0 saturated carbocycles. The number of anilines is 1. The number of aryl methyl sites for hydroxylation is 1. The van der Waals surface area contributed by atoms with Crippen molar-refractivity contribution in [2.75, 3.05) is 5.73 Å². The molecule has 0 unspecified atom stereocenters. The largest absolute Gasteiger partial charge is 0.434 e. The summed E-state index contributed by atoms with van der Waals surface area (Å²) in [6, 6.07) is 6.63. The topological polar surface area (TPSA) is 53.1 Å². The first kappa shape index (κ1) is 15.3. The number of ether oxygens (including phenoxy) is 1. The van der Waals surface area contributed by atoms with E-state index in [1.165, 1.54) is 6.07 Å². The zero-order valence-electron chi connectivity index (χ0n) is 12.3. The number of aromatic nitrogens is 2. The summed E-state index contributed by atoms with van der Waals surface area (Å²) >= 11 is 0. The van der Waals surface area contributed by atoms with Crippen LogP contribution in [-0.4, -0.2) is 16.4 Å². The highest BCUT2D eigenvalue weighted by molar-refractivity contribution is 5.73. The number of hydrogen-bond acceptors (Lipinski definition) is 3. The van der Waals surface area contributed by atoms with Crippen LogP contribution in [0.4, 0.5) is 14.6 Å². The average Bonchev–Trinajstić information content (AvgIpc) is 2.66. The van der Waals surface area contributed by atoms with Gasteiger partial charge in [-0.3, -0.25) is 4.68 Å². The Morgan fingerprint density at radius 2 is 1.95 bits per heavy atom. The Labute approximate surface area is 122 Å². The predicted molar refractivity (Wildman–Crippen MR) is 78.2 cm³/mol. The second kappa shape index (κ2) is 6.11. The van der Waals surface area contributed by atoms with E-state index in [1.54, 1.807) is 29.9 Å². The molecule has 1 aromatic heterocycles. The Kier molecular flexibility index (Phi) is 4.45. The van der Waals surface area contributed by atoms with Gasteiger partial charge in [0, 0.05) is 18.2 Å². The fourth-order valence-electron chi connectivity index (χ4n) is 2.27. The molecule has 2 rings (SSSR count). The van der Waals surface area contributed by atoms with Gasteiger partial charge in [-0.1, -0.05) is 26.0 Å². The van der Waals surface area contributed by atoms with Crippen molar-refractivity contribution in [3.63, 3.8) is 0 Å². The van der Waals surface area contributed by atoms with Crippen LogP contribution >= 0.6 is 0 Å². The van der Waals surface area contributed by atoms with Gasteiger partial charge in [-0.25, -0.2) is 0 Å². The third-order valence-corrected chi connectivity index (χ3v) is 3.16. The van der Waals surface area contributed by atoms with E-state index >= 15 is 0 Å². The standard InChI is InChI=1S/C15H19F2N3O/c1-9(2)8-11-13(19-20(3)14(11)18)10-6-4-5-7-12(10)21-15(16)17/h4-7,9,15H,8,18H2,1-3H3. The SMILES string of the molecule is CC(C)Cc1c(-c2ccccc2OC(F)F)nn(C)c1N. The molecule has 0 radical (unpaired) electrons. The molecule has 1 heterocycles. The number of nitrogen functional groups attached to an aromatic ring is 1.